The Morgan fingerprint density at radius 1 is 1.12 bits per heavy atom. The Morgan fingerprint density at radius 2 is 2.00 bits per heavy atom. The fourth-order valence-electron chi connectivity index (χ4n) is 1.92. The third kappa shape index (κ3) is 1.74. The van der Waals surface area contributed by atoms with Gasteiger partial charge in [0.2, 0.25) is 0 Å². The third-order valence-electron chi connectivity index (χ3n) is 2.76. The van der Waals surface area contributed by atoms with Crippen molar-refractivity contribution in [3.63, 3.8) is 0 Å². The Hall–Kier alpha value is -1.61. The molecule has 0 saturated carbocycles. The second kappa shape index (κ2) is 4.10. The summed E-state index contributed by atoms with van der Waals surface area (Å²) >= 11 is 1.75. The van der Waals surface area contributed by atoms with Gasteiger partial charge in [0.15, 0.2) is 0 Å². The molecule has 1 aromatic carbocycles. The minimum atomic E-state index is 0.332. The van der Waals surface area contributed by atoms with Crippen molar-refractivity contribution >= 4 is 17.0 Å². The van der Waals surface area contributed by atoms with Crippen molar-refractivity contribution in [1.29, 1.82) is 0 Å². The maximum absolute atomic E-state index is 4.41. The number of hydrazone groups is 1. The molecule has 0 fully saturated rings. The molecule has 0 amide bonds. The Morgan fingerprint density at radius 3 is 2.75 bits per heavy atom. The summed E-state index contributed by atoms with van der Waals surface area (Å²) < 4.78 is 0. The molecular weight excluding hydrogens is 216 g/mol. The first-order valence-electron chi connectivity index (χ1n) is 5.34. The molecule has 2 aromatic rings. The van der Waals surface area contributed by atoms with Gasteiger partial charge in [0.25, 0.3) is 0 Å². The van der Waals surface area contributed by atoms with E-state index < -0.39 is 0 Å². The van der Waals surface area contributed by atoms with Gasteiger partial charge in [0, 0.05) is 6.42 Å². The molecule has 80 valence electrons. The maximum Gasteiger partial charge on any atom is 0.0799 e. The largest absolute Gasteiger partial charge is 0.302 e. The van der Waals surface area contributed by atoms with Crippen LogP contribution in [0.4, 0.5) is 0 Å². The molecule has 0 aliphatic carbocycles. The zero-order valence-corrected chi connectivity index (χ0v) is 9.58. The number of benzene rings is 1. The van der Waals surface area contributed by atoms with Crippen LogP contribution in [0.5, 0.6) is 0 Å². The van der Waals surface area contributed by atoms with Gasteiger partial charge in [-0.3, -0.25) is 0 Å². The number of hydrogen-bond acceptors (Lipinski definition) is 3. The molecule has 1 aliphatic heterocycles. The monoisotopic (exact) mass is 228 g/mol. The summed E-state index contributed by atoms with van der Waals surface area (Å²) in [7, 11) is 0. The van der Waals surface area contributed by atoms with Gasteiger partial charge in [-0.2, -0.15) is 5.10 Å². The number of nitrogens with zero attached hydrogens (tertiary/aromatic N) is 1. The summed E-state index contributed by atoms with van der Waals surface area (Å²) in [6, 6.07) is 15.0. The molecule has 1 aliphatic rings. The van der Waals surface area contributed by atoms with Crippen molar-refractivity contribution in [3.8, 4) is 0 Å². The van der Waals surface area contributed by atoms with Crippen molar-refractivity contribution in [3.05, 3.63) is 58.3 Å². The van der Waals surface area contributed by atoms with Gasteiger partial charge in [-0.15, -0.1) is 11.3 Å². The van der Waals surface area contributed by atoms with Crippen molar-refractivity contribution in [2.75, 3.05) is 0 Å². The maximum atomic E-state index is 4.41. The van der Waals surface area contributed by atoms with Crippen molar-refractivity contribution < 1.29 is 0 Å². The molecule has 1 unspecified atom stereocenters. The summed E-state index contributed by atoms with van der Waals surface area (Å²) in [6.45, 7) is 0. The van der Waals surface area contributed by atoms with Crippen LogP contribution in [0.15, 0.2) is 52.9 Å². The quantitative estimate of drug-likeness (QED) is 0.838. The van der Waals surface area contributed by atoms with Gasteiger partial charge in [0.05, 0.1) is 16.6 Å². The van der Waals surface area contributed by atoms with Crippen LogP contribution in [0.25, 0.3) is 0 Å². The number of nitrogens with one attached hydrogen (secondary N) is 1. The van der Waals surface area contributed by atoms with E-state index in [4.69, 9.17) is 0 Å². The minimum absolute atomic E-state index is 0.332. The smallest absolute Gasteiger partial charge is 0.0799 e. The number of thiophene rings is 1. The van der Waals surface area contributed by atoms with Gasteiger partial charge in [-0.05, 0) is 17.0 Å². The molecular formula is C13H12N2S. The summed E-state index contributed by atoms with van der Waals surface area (Å²) in [4.78, 5) is 1.27. The average molecular weight is 228 g/mol. The van der Waals surface area contributed by atoms with E-state index >= 15 is 0 Å². The second-order valence-corrected chi connectivity index (χ2v) is 4.78. The highest BCUT2D eigenvalue weighted by Gasteiger charge is 2.21. The molecule has 2 nitrogen and oxygen atoms in total. The highest BCUT2D eigenvalue weighted by molar-refractivity contribution is 7.12. The van der Waals surface area contributed by atoms with Crippen LogP contribution < -0.4 is 5.43 Å². The van der Waals surface area contributed by atoms with E-state index in [9.17, 15) is 0 Å². The fourth-order valence-corrected chi connectivity index (χ4v) is 2.64. The molecule has 3 rings (SSSR count). The molecule has 1 atom stereocenters. The summed E-state index contributed by atoms with van der Waals surface area (Å²) in [5, 5.41) is 6.50. The molecule has 1 N–H and O–H groups in total. The lowest BCUT2D eigenvalue weighted by Gasteiger charge is -2.08. The summed E-state index contributed by atoms with van der Waals surface area (Å²) in [5.74, 6) is 0. The van der Waals surface area contributed by atoms with Gasteiger partial charge in [0.1, 0.15) is 0 Å². The molecule has 0 radical (unpaired) electrons. The summed E-state index contributed by atoms with van der Waals surface area (Å²) in [6.07, 6.45) is 0.977. The van der Waals surface area contributed by atoms with Gasteiger partial charge in [-0.1, -0.05) is 36.4 Å². The highest BCUT2D eigenvalue weighted by Crippen LogP contribution is 2.25. The van der Waals surface area contributed by atoms with Gasteiger partial charge in [-0.25, -0.2) is 0 Å². The van der Waals surface area contributed by atoms with E-state index in [1.807, 2.05) is 6.07 Å². The van der Waals surface area contributed by atoms with Gasteiger partial charge < -0.3 is 5.43 Å². The van der Waals surface area contributed by atoms with Crippen LogP contribution >= 0.6 is 11.3 Å². The SMILES string of the molecule is c1ccc(C2CC(c3cccs3)=NN2)cc1. The highest BCUT2D eigenvalue weighted by atomic mass is 32.1. The van der Waals surface area contributed by atoms with Crippen LogP contribution in [-0.4, -0.2) is 5.71 Å². The average Bonchev–Trinajstić information content (AvgIpc) is 3.01. The van der Waals surface area contributed by atoms with Crippen molar-refractivity contribution in [2.24, 2.45) is 5.10 Å². The lowest BCUT2D eigenvalue weighted by atomic mass is 10.0. The Balaban J connectivity index is 1.78. The molecule has 0 saturated heterocycles. The van der Waals surface area contributed by atoms with Crippen molar-refractivity contribution in [2.45, 2.75) is 12.5 Å². The first-order chi connectivity index (χ1) is 7.93. The molecule has 3 heteroatoms. The Labute approximate surface area is 98.6 Å². The minimum Gasteiger partial charge on any atom is -0.302 e. The normalized spacial score (nSPS) is 19.2. The molecule has 2 heterocycles. The third-order valence-corrected chi connectivity index (χ3v) is 3.68. The fraction of sp³-hybridized carbons (Fsp3) is 0.154. The van der Waals surface area contributed by atoms with Gasteiger partial charge >= 0.3 is 0 Å². The number of hydrogen-bond donors (Lipinski definition) is 1. The van der Waals surface area contributed by atoms with Crippen LogP contribution in [0, 0.1) is 0 Å². The standard InChI is InChI=1S/C13H12N2S/c1-2-5-10(6-3-1)11-9-12(15-14-11)13-7-4-8-16-13/h1-8,11,14H,9H2. The topological polar surface area (TPSA) is 24.4 Å². The molecule has 0 spiro atoms. The zero-order chi connectivity index (χ0) is 10.8. The lowest BCUT2D eigenvalue weighted by molar-refractivity contribution is 0.620. The first kappa shape index (κ1) is 9.60. The Kier molecular flexibility index (Phi) is 2.46. The predicted octanol–water partition coefficient (Wildman–Crippen LogP) is 3.19. The summed E-state index contributed by atoms with van der Waals surface area (Å²) in [5.41, 5.74) is 5.68. The Bertz CT molecular complexity index is 488. The van der Waals surface area contributed by atoms with E-state index in [-0.39, 0.29) is 0 Å². The van der Waals surface area contributed by atoms with E-state index in [2.05, 4.69) is 52.3 Å². The molecule has 1 aromatic heterocycles. The first-order valence-corrected chi connectivity index (χ1v) is 6.22. The van der Waals surface area contributed by atoms with Crippen LogP contribution in [0.2, 0.25) is 0 Å². The molecule has 16 heavy (non-hydrogen) atoms. The van der Waals surface area contributed by atoms with Crippen LogP contribution in [0.3, 0.4) is 0 Å². The molecule has 0 bridgehead atoms. The predicted molar refractivity (Wildman–Crippen MR) is 67.8 cm³/mol. The lowest BCUT2D eigenvalue weighted by Crippen LogP contribution is -2.09. The van der Waals surface area contributed by atoms with E-state index in [0.29, 0.717) is 6.04 Å². The van der Waals surface area contributed by atoms with E-state index in [0.717, 1.165) is 6.42 Å². The van der Waals surface area contributed by atoms with E-state index in [1.165, 1.54) is 16.2 Å². The van der Waals surface area contributed by atoms with Crippen molar-refractivity contribution in [1.82, 2.24) is 5.43 Å². The van der Waals surface area contributed by atoms with Crippen LogP contribution in [0.1, 0.15) is 22.9 Å². The van der Waals surface area contributed by atoms with E-state index in [1.54, 1.807) is 11.3 Å². The number of rotatable bonds is 2. The second-order valence-electron chi connectivity index (χ2n) is 3.83. The zero-order valence-electron chi connectivity index (χ0n) is 8.76. The van der Waals surface area contributed by atoms with Crippen LogP contribution in [-0.2, 0) is 0 Å².